The maximum Gasteiger partial charge on any atom is 0.438 e. The summed E-state index contributed by atoms with van der Waals surface area (Å²) in [5.41, 5.74) is -9.04. The van der Waals surface area contributed by atoms with E-state index in [1.54, 1.807) is 0 Å². The minimum absolute atomic E-state index is 0.124. The van der Waals surface area contributed by atoms with Gasteiger partial charge in [0.25, 0.3) is 0 Å². The van der Waals surface area contributed by atoms with Crippen LogP contribution >= 0.6 is 0 Å². The number of nitrogens with zero attached hydrogens (tertiary/aromatic N) is 1. The summed E-state index contributed by atoms with van der Waals surface area (Å²) in [5, 5.41) is 11.4. The Labute approximate surface area is 235 Å². The van der Waals surface area contributed by atoms with Crippen LogP contribution in [0.15, 0.2) is 0 Å². The van der Waals surface area contributed by atoms with E-state index < -0.39 is 84.5 Å². The number of alkyl halides is 23. The van der Waals surface area contributed by atoms with Crippen LogP contribution in [0.3, 0.4) is 0 Å². The zero-order valence-corrected chi connectivity index (χ0v) is 21.7. The maximum atomic E-state index is 13.9. The summed E-state index contributed by atoms with van der Waals surface area (Å²) in [5.74, 6) is -70.9. The molecule has 0 heterocycles. The smallest absolute Gasteiger partial charge is 0.392 e. The third-order valence-corrected chi connectivity index (χ3v) is 5.87. The maximum absolute atomic E-state index is 13.9. The van der Waals surface area contributed by atoms with Crippen LogP contribution in [-0.2, 0) is 0 Å². The van der Waals surface area contributed by atoms with Crippen LogP contribution in [0.5, 0.6) is 0 Å². The van der Waals surface area contributed by atoms with E-state index in [2.05, 4.69) is 0 Å². The van der Waals surface area contributed by atoms with E-state index in [0.717, 1.165) is 0 Å². The summed E-state index contributed by atoms with van der Waals surface area (Å²) in [6, 6.07) is 0. The van der Waals surface area contributed by atoms with Gasteiger partial charge in [-0.15, -0.1) is 0 Å². The number of aliphatic hydroxyl groups excluding tert-OH is 1. The van der Waals surface area contributed by atoms with Crippen LogP contribution in [0.2, 0.25) is 0 Å². The van der Waals surface area contributed by atoms with Crippen LogP contribution in [0.4, 0.5) is 101 Å². The van der Waals surface area contributed by atoms with Gasteiger partial charge in [-0.05, 0) is 33.6 Å². The van der Waals surface area contributed by atoms with Crippen LogP contribution in [0.25, 0.3) is 0 Å². The molecule has 0 aromatic rings. The molecule has 0 saturated carbocycles. The van der Waals surface area contributed by atoms with Crippen LogP contribution in [0.1, 0.15) is 12.8 Å². The molecule has 0 rings (SSSR count). The molecule has 1 atom stereocenters. The topological polar surface area (TPSA) is 35.5 Å². The van der Waals surface area contributed by atoms with Crippen molar-refractivity contribution in [2.45, 2.75) is 84.3 Å². The van der Waals surface area contributed by atoms with E-state index in [1.807, 2.05) is 5.32 Å². The highest BCUT2D eigenvalue weighted by molar-refractivity contribution is 5.20. The van der Waals surface area contributed by atoms with Gasteiger partial charge in [-0.1, -0.05) is 0 Å². The van der Waals surface area contributed by atoms with Gasteiger partial charge in [-0.25, -0.2) is 4.39 Å². The third-order valence-electron chi connectivity index (χ3n) is 5.87. The summed E-state index contributed by atoms with van der Waals surface area (Å²) in [4.78, 5) is 1.52. The highest BCUT2D eigenvalue weighted by atomic mass is 19.4. The van der Waals surface area contributed by atoms with Gasteiger partial charge in [0.1, 0.15) is 0 Å². The van der Waals surface area contributed by atoms with Crippen LogP contribution in [0, 0.1) is 0 Å². The lowest BCUT2D eigenvalue weighted by Gasteiger charge is -2.46. The first-order valence-electron chi connectivity index (χ1n) is 11.2. The molecule has 45 heavy (non-hydrogen) atoms. The summed E-state index contributed by atoms with van der Waals surface area (Å²) in [6.45, 7) is -1.25. The van der Waals surface area contributed by atoms with E-state index in [0.29, 0.717) is 0 Å². The lowest BCUT2D eigenvalue weighted by molar-refractivity contribution is -0.481. The quantitative estimate of drug-likeness (QED) is 0.131. The van der Waals surface area contributed by atoms with Gasteiger partial charge in [0.2, 0.25) is 0 Å². The predicted octanol–water partition coefficient (Wildman–Crippen LogP) is 7.19. The molecule has 0 bridgehead atoms. The first-order chi connectivity index (χ1) is 19.3. The minimum atomic E-state index is -9.49. The average molecular weight is 728 g/mol. The molecule has 3 nitrogen and oxygen atoms in total. The fraction of sp³-hybridized carbons (Fsp3) is 1.00. The molecule has 0 amide bonds. The molecule has 2 N–H and O–H groups in total. The van der Waals surface area contributed by atoms with Crippen molar-refractivity contribution in [1.82, 2.24) is 10.2 Å². The molecule has 1 unspecified atom stereocenters. The summed E-state index contributed by atoms with van der Waals surface area (Å²) >= 11 is 0. The van der Waals surface area contributed by atoms with Gasteiger partial charge in [0.05, 0.1) is 6.10 Å². The molecule has 0 aliphatic carbocycles. The van der Waals surface area contributed by atoms with Crippen molar-refractivity contribution in [3.05, 3.63) is 0 Å². The van der Waals surface area contributed by atoms with Crippen molar-refractivity contribution >= 4 is 0 Å². The molecule has 0 spiro atoms. The van der Waals surface area contributed by atoms with Gasteiger partial charge >= 0.3 is 65.4 Å². The van der Waals surface area contributed by atoms with Crippen molar-refractivity contribution in [3.63, 3.8) is 0 Å². The molecular weight excluding hydrogens is 709 g/mol. The number of hydrogen-bond acceptors (Lipinski definition) is 3. The SMILES string of the molecule is CN(C)CCCNCC(O)CC(F)(F)C(F)(F)C(F)(F)C(F)(F)C(F)(F)C(F)(F)C(F)(F)C(F)(F)C(F)(C(F)(F)F)C(F)(F)F. The summed E-state index contributed by atoms with van der Waals surface area (Å²) in [6.07, 6.45) is -23.1. The molecule has 272 valence electrons. The highest BCUT2D eigenvalue weighted by Crippen LogP contribution is 2.67. The van der Waals surface area contributed by atoms with E-state index in [1.165, 1.54) is 19.0 Å². The molecule has 0 aromatic carbocycles. The first-order valence-corrected chi connectivity index (χ1v) is 11.2. The largest absolute Gasteiger partial charge is 0.438 e. The Hall–Kier alpha value is -1.73. The number of halogens is 23. The highest BCUT2D eigenvalue weighted by Gasteiger charge is 3.00. The van der Waals surface area contributed by atoms with Crippen molar-refractivity contribution < 1.29 is 106 Å². The lowest BCUT2D eigenvalue weighted by atomic mass is 9.82. The van der Waals surface area contributed by atoms with Crippen LogP contribution < -0.4 is 5.32 Å². The summed E-state index contributed by atoms with van der Waals surface area (Å²) in [7, 11) is 3.03. The van der Waals surface area contributed by atoms with Gasteiger partial charge in [-0.3, -0.25) is 0 Å². The Kier molecular flexibility index (Phi) is 11.9. The zero-order valence-electron chi connectivity index (χ0n) is 21.7. The van der Waals surface area contributed by atoms with Gasteiger partial charge in [0.15, 0.2) is 0 Å². The zero-order chi connectivity index (χ0) is 36.9. The Balaban J connectivity index is 6.78. The monoisotopic (exact) mass is 728 g/mol. The Morgan fingerprint density at radius 3 is 1.13 bits per heavy atom. The summed E-state index contributed by atoms with van der Waals surface area (Å²) < 4.78 is 309. The molecule has 0 saturated heterocycles. The minimum Gasteiger partial charge on any atom is -0.392 e. The van der Waals surface area contributed by atoms with E-state index in [9.17, 15) is 106 Å². The number of aliphatic hydroxyl groups is 1. The molecule has 0 aromatic heterocycles. The standard InChI is InChI=1S/C19H19F23N2O/c1-44(2)5-3-4-43-7-8(45)6-9(20,21)11(23,24)13(27,28)15(31,32)17(35,36)16(33,34)14(29,30)12(25,26)10(22,18(37,38)39)19(40,41)42/h8,43,45H,3-7H2,1-2H3. The normalized spacial score (nSPS) is 16.9. The second-order valence-electron chi connectivity index (χ2n) is 9.60. The number of rotatable bonds is 16. The lowest BCUT2D eigenvalue weighted by Crippen LogP contribution is -2.79. The third kappa shape index (κ3) is 6.68. The molecule has 0 fully saturated rings. The molecular formula is C19H19F23N2O. The first kappa shape index (κ1) is 43.3. The van der Waals surface area contributed by atoms with Crippen molar-refractivity contribution in [3.8, 4) is 0 Å². The van der Waals surface area contributed by atoms with Gasteiger partial charge in [0, 0.05) is 13.0 Å². The molecule has 0 radical (unpaired) electrons. The van der Waals surface area contributed by atoms with E-state index in [4.69, 9.17) is 0 Å². The number of hydrogen-bond donors (Lipinski definition) is 2. The fourth-order valence-electron chi connectivity index (χ4n) is 3.23. The van der Waals surface area contributed by atoms with Crippen molar-refractivity contribution in [2.24, 2.45) is 0 Å². The van der Waals surface area contributed by atoms with Crippen LogP contribution in [-0.4, -0.2) is 115 Å². The van der Waals surface area contributed by atoms with E-state index in [-0.39, 0.29) is 19.5 Å². The Morgan fingerprint density at radius 2 is 0.822 bits per heavy atom. The fourth-order valence-corrected chi connectivity index (χ4v) is 3.23. The number of nitrogens with one attached hydrogen (secondary N) is 1. The Bertz CT molecular complexity index is 972. The van der Waals surface area contributed by atoms with E-state index >= 15 is 0 Å². The average Bonchev–Trinajstić information content (AvgIpc) is 2.80. The van der Waals surface area contributed by atoms with Crippen molar-refractivity contribution in [1.29, 1.82) is 0 Å². The molecule has 0 aliphatic rings. The predicted molar refractivity (Wildman–Crippen MR) is 102 cm³/mol. The molecule has 0 aliphatic heterocycles. The second kappa shape index (κ2) is 12.4. The van der Waals surface area contributed by atoms with Gasteiger partial charge in [-0.2, -0.15) is 96.6 Å². The van der Waals surface area contributed by atoms with Crippen molar-refractivity contribution in [2.75, 3.05) is 33.7 Å². The second-order valence-corrected chi connectivity index (χ2v) is 9.60. The molecule has 26 heteroatoms. The Morgan fingerprint density at radius 1 is 0.511 bits per heavy atom. The van der Waals surface area contributed by atoms with Gasteiger partial charge < -0.3 is 15.3 Å².